The molecule has 2 amide bonds. The molecule has 2 N–H and O–H groups in total. The number of rotatable bonds is 6. The van der Waals surface area contributed by atoms with Crippen LogP contribution >= 0.6 is 11.6 Å². The number of carbonyl (C=O) groups excluding carboxylic acids is 2. The highest BCUT2D eigenvalue weighted by Gasteiger charge is 2.35. The summed E-state index contributed by atoms with van der Waals surface area (Å²) < 4.78 is 0. The van der Waals surface area contributed by atoms with E-state index in [4.69, 9.17) is 11.6 Å². The molecular weight excluding hydrogens is 312 g/mol. The molecule has 23 heavy (non-hydrogen) atoms. The molecule has 2 aliphatic carbocycles. The van der Waals surface area contributed by atoms with Crippen LogP contribution in [-0.2, 0) is 9.59 Å². The van der Waals surface area contributed by atoms with Crippen molar-refractivity contribution in [3.63, 3.8) is 0 Å². The Kier molecular flexibility index (Phi) is 4.90. The van der Waals surface area contributed by atoms with Gasteiger partial charge in [0.15, 0.2) is 0 Å². The molecule has 3 rings (SSSR count). The van der Waals surface area contributed by atoms with E-state index in [2.05, 4.69) is 10.6 Å². The SMILES string of the molecule is C[C@@H](NC(=O)C1CCC1)C(=O)N[C@H](c1ccc(Cl)cc1)C1CC1. The maximum Gasteiger partial charge on any atom is 0.242 e. The summed E-state index contributed by atoms with van der Waals surface area (Å²) in [6.45, 7) is 1.75. The number of hydrogen-bond donors (Lipinski definition) is 2. The fraction of sp³-hybridized carbons (Fsp3) is 0.556. The molecule has 1 aromatic rings. The predicted octanol–water partition coefficient (Wildman–Crippen LogP) is 3.21. The zero-order valence-corrected chi connectivity index (χ0v) is 14.1. The van der Waals surface area contributed by atoms with Gasteiger partial charge in [0.2, 0.25) is 11.8 Å². The molecule has 2 atom stereocenters. The van der Waals surface area contributed by atoms with Gasteiger partial charge in [0.1, 0.15) is 6.04 Å². The van der Waals surface area contributed by atoms with Gasteiger partial charge in [-0.1, -0.05) is 30.2 Å². The number of hydrogen-bond acceptors (Lipinski definition) is 2. The van der Waals surface area contributed by atoms with Crippen LogP contribution in [0.3, 0.4) is 0 Å². The molecule has 2 aliphatic rings. The second-order valence-corrected chi connectivity index (χ2v) is 7.17. The number of amides is 2. The van der Waals surface area contributed by atoms with E-state index in [9.17, 15) is 9.59 Å². The Hall–Kier alpha value is -1.55. The van der Waals surface area contributed by atoms with E-state index in [-0.39, 0.29) is 23.8 Å². The van der Waals surface area contributed by atoms with Crippen LogP contribution in [0.15, 0.2) is 24.3 Å². The Balaban J connectivity index is 1.59. The standard InChI is InChI=1S/C18H23ClN2O2/c1-11(20-18(23)14-3-2-4-14)17(22)21-16(12-5-6-12)13-7-9-15(19)10-8-13/h7-12,14,16H,2-6H2,1H3,(H,20,23)(H,21,22)/t11-,16+/m1/s1. The molecule has 0 saturated heterocycles. The molecule has 124 valence electrons. The molecule has 0 heterocycles. The highest BCUT2D eigenvalue weighted by molar-refractivity contribution is 6.30. The zero-order chi connectivity index (χ0) is 16.4. The van der Waals surface area contributed by atoms with Crippen molar-refractivity contribution >= 4 is 23.4 Å². The topological polar surface area (TPSA) is 58.2 Å². The molecule has 5 heteroatoms. The summed E-state index contributed by atoms with van der Waals surface area (Å²) >= 11 is 5.94. The average Bonchev–Trinajstić information content (AvgIpc) is 3.28. The number of carbonyl (C=O) groups is 2. The van der Waals surface area contributed by atoms with E-state index in [1.54, 1.807) is 6.92 Å². The summed E-state index contributed by atoms with van der Waals surface area (Å²) in [5, 5.41) is 6.62. The fourth-order valence-corrected chi connectivity index (χ4v) is 3.04. The minimum atomic E-state index is -0.503. The van der Waals surface area contributed by atoms with Crippen molar-refractivity contribution in [2.24, 2.45) is 11.8 Å². The van der Waals surface area contributed by atoms with E-state index in [0.29, 0.717) is 10.9 Å². The second-order valence-electron chi connectivity index (χ2n) is 6.73. The van der Waals surface area contributed by atoms with Crippen LogP contribution in [0.25, 0.3) is 0 Å². The van der Waals surface area contributed by atoms with E-state index < -0.39 is 6.04 Å². The van der Waals surface area contributed by atoms with Gasteiger partial charge in [-0.15, -0.1) is 0 Å². The van der Waals surface area contributed by atoms with Crippen molar-refractivity contribution in [3.8, 4) is 0 Å². The first-order valence-corrected chi connectivity index (χ1v) is 8.78. The first-order valence-electron chi connectivity index (χ1n) is 8.41. The molecule has 2 fully saturated rings. The van der Waals surface area contributed by atoms with Crippen LogP contribution in [0, 0.1) is 11.8 Å². The molecule has 2 saturated carbocycles. The Labute approximate surface area is 142 Å². The van der Waals surface area contributed by atoms with Gasteiger partial charge in [-0.25, -0.2) is 0 Å². The molecular formula is C18H23ClN2O2. The summed E-state index contributed by atoms with van der Waals surface area (Å²) in [6.07, 6.45) is 5.23. The summed E-state index contributed by atoms with van der Waals surface area (Å²) in [5.74, 6) is 0.466. The monoisotopic (exact) mass is 334 g/mol. The van der Waals surface area contributed by atoms with Crippen LogP contribution in [0.1, 0.15) is 50.6 Å². The van der Waals surface area contributed by atoms with Gasteiger partial charge < -0.3 is 10.6 Å². The van der Waals surface area contributed by atoms with Gasteiger partial charge in [0, 0.05) is 10.9 Å². The summed E-state index contributed by atoms with van der Waals surface area (Å²) in [6, 6.07) is 7.12. The quantitative estimate of drug-likeness (QED) is 0.839. The first kappa shape index (κ1) is 16.3. The lowest BCUT2D eigenvalue weighted by molar-refractivity contribution is -0.132. The van der Waals surface area contributed by atoms with Gasteiger partial charge in [-0.05, 0) is 56.2 Å². The lowest BCUT2D eigenvalue weighted by Crippen LogP contribution is -2.48. The Morgan fingerprint density at radius 3 is 2.26 bits per heavy atom. The van der Waals surface area contributed by atoms with Crippen molar-refractivity contribution in [3.05, 3.63) is 34.9 Å². The van der Waals surface area contributed by atoms with Gasteiger partial charge in [-0.3, -0.25) is 9.59 Å². The number of benzene rings is 1. The third-order valence-corrected chi connectivity index (χ3v) is 5.10. The fourth-order valence-electron chi connectivity index (χ4n) is 2.92. The third kappa shape index (κ3) is 4.05. The van der Waals surface area contributed by atoms with Crippen LogP contribution in [-0.4, -0.2) is 17.9 Å². The summed E-state index contributed by atoms with van der Waals surface area (Å²) in [4.78, 5) is 24.4. The molecule has 1 aromatic carbocycles. The Bertz CT molecular complexity index is 579. The van der Waals surface area contributed by atoms with Crippen molar-refractivity contribution in [2.45, 2.75) is 51.1 Å². The molecule has 0 spiro atoms. The normalized spacial score (nSPS) is 20.3. The Morgan fingerprint density at radius 2 is 1.74 bits per heavy atom. The van der Waals surface area contributed by atoms with E-state index in [1.807, 2.05) is 24.3 Å². The van der Waals surface area contributed by atoms with Gasteiger partial charge in [0.05, 0.1) is 6.04 Å². The highest BCUT2D eigenvalue weighted by Crippen LogP contribution is 2.41. The molecule has 4 nitrogen and oxygen atoms in total. The molecule has 0 aromatic heterocycles. The van der Waals surface area contributed by atoms with E-state index >= 15 is 0 Å². The zero-order valence-electron chi connectivity index (χ0n) is 13.3. The van der Waals surface area contributed by atoms with Crippen LogP contribution in [0.2, 0.25) is 5.02 Å². The molecule has 0 aliphatic heterocycles. The van der Waals surface area contributed by atoms with Crippen molar-refractivity contribution in [1.29, 1.82) is 0 Å². The van der Waals surface area contributed by atoms with Crippen LogP contribution in [0.5, 0.6) is 0 Å². The van der Waals surface area contributed by atoms with Gasteiger partial charge in [0.25, 0.3) is 0 Å². The molecule has 0 unspecified atom stereocenters. The average molecular weight is 335 g/mol. The smallest absolute Gasteiger partial charge is 0.242 e. The van der Waals surface area contributed by atoms with Crippen molar-refractivity contribution in [2.75, 3.05) is 0 Å². The number of nitrogens with one attached hydrogen (secondary N) is 2. The Morgan fingerprint density at radius 1 is 1.09 bits per heavy atom. The van der Waals surface area contributed by atoms with Gasteiger partial charge >= 0.3 is 0 Å². The first-order chi connectivity index (χ1) is 11.0. The highest BCUT2D eigenvalue weighted by atomic mass is 35.5. The van der Waals surface area contributed by atoms with Crippen LogP contribution in [0.4, 0.5) is 0 Å². The third-order valence-electron chi connectivity index (χ3n) is 4.85. The summed E-state index contributed by atoms with van der Waals surface area (Å²) in [7, 11) is 0. The largest absolute Gasteiger partial charge is 0.347 e. The van der Waals surface area contributed by atoms with Crippen molar-refractivity contribution < 1.29 is 9.59 Å². The molecule has 0 radical (unpaired) electrons. The van der Waals surface area contributed by atoms with E-state index in [0.717, 1.165) is 37.7 Å². The van der Waals surface area contributed by atoms with Crippen molar-refractivity contribution in [1.82, 2.24) is 10.6 Å². The van der Waals surface area contributed by atoms with E-state index in [1.165, 1.54) is 0 Å². The minimum Gasteiger partial charge on any atom is -0.347 e. The summed E-state index contributed by atoms with van der Waals surface area (Å²) in [5.41, 5.74) is 1.07. The minimum absolute atomic E-state index is 0.00261. The second kappa shape index (κ2) is 6.91. The maximum absolute atomic E-state index is 12.4. The number of halogens is 1. The van der Waals surface area contributed by atoms with Crippen LogP contribution < -0.4 is 10.6 Å². The predicted molar refractivity (Wildman–Crippen MR) is 90.0 cm³/mol. The molecule has 0 bridgehead atoms. The lowest BCUT2D eigenvalue weighted by atomic mass is 9.84. The van der Waals surface area contributed by atoms with Gasteiger partial charge in [-0.2, -0.15) is 0 Å². The lowest BCUT2D eigenvalue weighted by Gasteiger charge is -2.27. The maximum atomic E-state index is 12.4.